The molecule has 0 unspecified atom stereocenters. The van der Waals surface area contributed by atoms with E-state index in [0.29, 0.717) is 12.4 Å². The molecule has 1 N–H and O–H groups in total. The first-order valence-corrected chi connectivity index (χ1v) is 7.69. The van der Waals surface area contributed by atoms with E-state index in [0.717, 1.165) is 11.1 Å². The van der Waals surface area contributed by atoms with E-state index < -0.39 is 5.97 Å². The summed E-state index contributed by atoms with van der Waals surface area (Å²) in [5.74, 6) is -0.800. The number of aryl methyl sites for hydroxylation is 1. The van der Waals surface area contributed by atoms with Gasteiger partial charge in [-0.3, -0.25) is 9.59 Å². The molecule has 1 heterocycles. The molecule has 0 aliphatic carbocycles. The summed E-state index contributed by atoms with van der Waals surface area (Å²) >= 11 is 0. The number of hydrogen-bond donors (Lipinski definition) is 1. The Morgan fingerprint density at radius 3 is 2.50 bits per heavy atom. The second-order valence-corrected chi connectivity index (χ2v) is 6.07. The van der Waals surface area contributed by atoms with E-state index in [1.165, 1.54) is 9.70 Å². The van der Waals surface area contributed by atoms with Gasteiger partial charge in [-0.05, 0) is 18.1 Å². The Balaban J connectivity index is 2.07. The van der Waals surface area contributed by atoms with Crippen molar-refractivity contribution in [2.45, 2.75) is 27.3 Å². The van der Waals surface area contributed by atoms with Crippen molar-refractivity contribution in [1.82, 2.24) is 25.1 Å². The van der Waals surface area contributed by atoms with Gasteiger partial charge in [-0.25, -0.2) is 0 Å². The topological polar surface area (TPSA) is 101 Å². The normalized spacial score (nSPS) is 10.8. The zero-order valence-electron chi connectivity index (χ0n) is 14.0. The van der Waals surface area contributed by atoms with Gasteiger partial charge in [0.25, 0.3) is 0 Å². The quantitative estimate of drug-likeness (QED) is 0.818. The van der Waals surface area contributed by atoms with Crippen molar-refractivity contribution < 1.29 is 14.7 Å². The van der Waals surface area contributed by atoms with Crippen molar-refractivity contribution in [3.05, 3.63) is 29.8 Å². The van der Waals surface area contributed by atoms with Gasteiger partial charge in [0.05, 0.1) is 0 Å². The molecule has 0 bridgehead atoms. The number of benzene rings is 1. The Kier molecular flexibility index (Phi) is 5.62. The number of aromatic nitrogens is 4. The Labute approximate surface area is 140 Å². The number of amides is 1. The second kappa shape index (κ2) is 7.67. The third-order valence-electron chi connectivity index (χ3n) is 3.30. The fourth-order valence-electron chi connectivity index (χ4n) is 2.21. The van der Waals surface area contributed by atoms with Crippen LogP contribution < -0.4 is 0 Å². The van der Waals surface area contributed by atoms with Gasteiger partial charge in [-0.1, -0.05) is 43.7 Å². The van der Waals surface area contributed by atoms with Crippen LogP contribution in [0.5, 0.6) is 0 Å². The third-order valence-corrected chi connectivity index (χ3v) is 3.30. The molecule has 1 aromatic carbocycles. The molecule has 1 amide bonds. The van der Waals surface area contributed by atoms with E-state index >= 15 is 0 Å². The summed E-state index contributed by atoms with van der Waals surface area (Å²) in [6, 6.07) is 7.65. The van der Waals surface area contributed by atoms with Crippen LogP contribution in [0.2, 0.25) is 0 Å². The number of tetrazole rings is 1. The molecular formula is C16H21N5O3. The molecule has 8 heteroatoms. The molecule has 24 heavy (non-hydrogen) atoms. The Hall–Kier alpha value is -2.77. The van der Waals surface area contributed by atoms with Crippen LogP contribution in [0.4, 0.5) is 0 Å². The zero-order valence-corrected chi connectivity index (χ0v) is 14.0. The predicted octanol–water partition coefficient (Wildman–Crippen LogP) is 1.22. The maximum Gasteiger partial charge on any atom is 0.323 e. The molecule has 0 saturated heterocycles. The van der Waals surface area contributed by atoms with E-state index in [9.17, 15) is 9.59 Å². The van der Waals surface area contributed by atoms with Crippen LogP contribution in [0.3, 0.4) is 0 Å². The number of rotatable bonds is 7. The lowest BCUT2D eigenvalue weighted by molar-refractivity contribution is -0.145. The van der Waals surface area contributed by atoms with Crippen LogP contribution in [0.1, 0.15) is 19.4 Å². The van der Waals surface area contributed by atoms with Crippen LogP contribution in [-0.2, 0) is 16.1 Å². The van der Waals surface area contributed by atoms with Gasteiger partial charge in [0.1, 0.15) is 13.1 Å². The van der Waals surface area contributed by atoms with E-state index in [4.69, 9.17) is 5.11 Å². The fraction of sp³-hybridized carbons (Fsp3) is 0.438. The Morgan fingerprint density at radius 1 is 1.25 bits per heavy atom. The number of aliphatic carboxylic acids is 1. The molecule has 0 atom stereocenters. The highest BCUT2D eigenvalue weighted by atomic mass is 16.4. The summed E-state index contributed by atoms with van der Waals surface area (Å²) in [6.45, 7) is 5.72. The lowest BCUT2D eigenvalue weighted by Crippen LogP contribution is -2.40. The molecule has 0 aliphatic rings. The first-order valence-electron chi connectivity index (χ1n) is 7.69. The van der Waals surface area contributed by atoms with Crippen LogP contribution in [-0.4, -0.2) is 55.2 Å². The minimum Gasteiger partial charge on any atom is -0.480 e. The van der Waals surface area contributed by atoms with Crippen molar-refractivity contribution in [2.24, 2.45) is 5.92 Å². The first kappa shape index (κ1) is 17.6. The summed E-state index contributed by atoms with van der Waals surface area (Å²) in [5, 5.41) is 21.0. The average molecular weight is 331 g/mol. The average Bonchev–Trinajstić information content (AvgIpc) is 2.94. The van der Waals surface area contributed by atoms with Crippen LogP contribution in [0.25, 0.3) is 11.4 Å². The van der Waals surface area contributed by atoms with E-state index in [-0.39, 0.29) is 24.9 Å². The fourth-order valence-corrected chi connectivity index (χ4v) is 2.21. The summed E-state index contributed by atoms with van der Waals surface area (Å²) in [4.78, 5) is 25.7. The molecule has 8 nitrogen and oxygen atoms in total. The van der Waals surface area contributed by atoms with E-state index in [1.807, 2.05) is 45.0 Å². The van der Waals surface area contributed by atoms with Crippen molar-refractivity contribution in [1.29, 1.82) is 0 Å². The number of carbonyl (C=O) groups is 2. The first-order chi connectivity index (χ1) is 11.3. The lowest BCUT2D eigenvalue weighted by Gasteiger charge is -2.22. The maximum atomic E-state index is 12.3. The van der Waals surface area contributed by atoms with E-state index in [2.05, 4.69) is 15.4 Å². The summed E-state index contributed by atoms with van der Waals surface area (Å²) in [7, 11) is 0. The summed E-state index contributed by atoms with van der Waals surface area (Å²) in [5.41, 5.74) is 1.93. The second-order valence-electron chi connectivity index (χ2n) is 6.07. The van der Waals surface area contributed by atoms with Gasteiger partial charge in [-0.15, -0.1) is 10.2 Å². The zero-order chi connectivity index (χ0) is 17.7. The van der Waals surface area contributed by atoms with Gasteiger partial charge in [0, 0.05) is 12.1 Å². The molecule has 2 aromatic rings. The largest absolute Gasteiger partial charge is 0.480 e. The highest BCUT2D eigenvalue weighted by Gasteiger charge is 2.19. The minimum atomic E-state index is -1.05. The molecule has 0 fully saturated rings. The summed E-state index contributed by atoms with van der Waals surface area (Å²) < 4.78 is 0. The number of nitrogens with zero attached hydrogens (tertiary/aromatic N) is 5. The van der Waals surface area contributed by atoms with Gasteiger partial charge in [0.15, 0.2) is 0 Å². The van der Waals surface area contributed by atoms with Crippen molar-refractivity contribution in [2.75, 3.05) is 13.1 Å². The van der Waals surface area contributed by atoms with Crippen LogP contribution in [0, 0.1) is 12.8 Å². The molecule has 0 saturated carbocycles. The smallest absolute Gasteiger partial charge is 0.323 e. The highest BCUT2D eigenvalue weighted by Crippen LogP contribution is 2.14. The molecule has 1 aromatic heterocycles. The van der Waals surface area contributed by atoms with Gasteiger partial charge >= 0.3 is 5.97 Å². The number of carbonyl (C=O) groups excluding carboxylic acids is 1. The Morgan fingerprint density at radius 2 is 1.92 bits per heavy atom. The molecule has 128 valence electrons. The van der Waals surface area contributed by atoms with Crippen LogP contribution in [0.15, 0.2) is 24.3 Å². The molecular weight excluding hydrogens is 310 g/mol. The van der Waals surface area contributed by atoms with Gasteiger partial charge < -0.3 is 10.0 Å². The predicted molar refractivity (Wildman–Crippen MR) is 87.0 cm³/mol. The Bertz CT molecular complexity index is 709. The number of carboxylic acids is 1. The van der Waals surface area contributed by atoms with Crippen molar-refractivity contribution >= 4 is 11.9 Å². The third kappa shape index (κ3) is 4.87. The monoisotopic (exact) mass is 331 g/mol. The molecule has 0 radical (unpaired) electrons. The summed E-state index contributed by atoms with van der Waals surface area (Å²) in [6.07, 6.45) is 0. The number of carboxylic acid groups (broad SMARTS) is 1. The van der Waals surface area contributed by atoms with Crippen molar-refractivity contribution in [3.63, 3.8) is 0 Å². The van der Waals surface area contributed by atoms with E-state index in [1.54, 1.807) is 0 Å². The molecule has 2 rings (SSSR count). The van der Waals surface area contributed by atoms with Crippen molar-refractivity contribution in [3.8, 4) is 11.4 Å². The standard InChI is InChI=1S/C16H21N5O3/c1-11(2)8-20(10-15(23)24)14(22)9-21-18-16(17-19-21)13-6-4-12(3)5-7-13/h4-7,11H,8-10H2,1-3H3,(H,23,24). The minimum absolute atomic E-state index is 0.140. The number of hydrogen-bond acceptors (Lipinski definition) is 5. The van der Waals surface area contributed by atoms with Gasteiger partial charge in [0.2, 0.25) is 11.7 Å². The lowest BCUT2D eigenvalue weighted by atomic mass is 10.1. The maximum absolute atomic E-state index is 12.3. The highest BCUT2D eigenvalue weighted by molar-refractivity contribution is 5.81. The molecule has 0 aliphatic heterocycles. The van der Waals surface area contributed by atoms with Gasteiger partial charge in [-0.2, -0.15) is 4.80 Å². The van der Waals surface area contributed by atoms with Crippen LogP contribution >= 0.6 is 0 Å². The molecule has 0 spiro atoms. The SMILES string of the molecule is Cc1ccc(-c2nnn(CC(=O)N(CC(=O)O)CC(C)C)n2)cc1.